The molecule has 1 fully saturated rings. The lowest BCUT2D eigenvalue weighted by atomic mass is 10.1. The normalized spacial score (nSPS) is 22.1. The summed E-state index contributed by atoms with van der Waals surface area (Å²) in [6.45, 7) is 5.68. The molecule has 0 amide bonds. The van der Waals surface area contributed by atoms with Crippen LogP contribution in [0.5, 0.6) is 0 Å². The van der Waals surface area contributed by atoms with Crippen molar-refractivity contribution in [3.63, 3.8) is 0 Å². The molecule has 1 atom stereocenters. The van der Waals surface area contributed by atoms with Crippen molar-refractivity contribution in [3.8, 4) is 0 Å². The molecule has 0 spiro atoms. The highest BCUT2D eigenvalue weighted by Crippen LogP contribution is 2.38. The van der Waals surface area contributed by atoms with Crippen molar-refractivity contribution >= 4 is 27.3 Å². The lowest BCUT2D eigenvalue weighted by molar-refractivity contribution is 0.659. The van der Waals surface area contributed by atoms with Gasteiger partial charge < -0.3 is 5.32 Å². The average Bonchev–Trinajstić information content (AvgIpc) is 2.70. The third-order valence-electron chi connectivity index (χ3n) is 2.66. The molecule has 1 aliphatic rings. The van der Waals surface area contributed by atoms with E-state index in [1.165, 1.54) is 33.6 Å². The molecule has 1 N–H and O–H groups in total. The summed E-state index contributed by atoms with van der Waals surface area (Å²) in [6.07, 6.45) is 2.61. The van der Waals surface area contributed by atoms with E-state index in [9.17, 15) is 0 Å². The standard InChI is InChI=1S/C11H16BrNS/c1-7(2)11-8(12)6-10(14-11)9-4-3-5-13-9/h6-7,9,13H,3-5H2,1-2H3. The minimum absolute atomic E-state index is 0.615. The molecule has 2 rings (SSSR count). The number of rotatable bonds is 2. The maximum absolute atomic E-state index is 3.65. The monoisotopic (exact) mass is 273 g/mol. The fourth-order valence-electron chi connectivity index (χ4n) is 1.89. The SMILES string of the molecule is CC(C)c1sc(C2CCCN2)cc1Br. The van der Waals surface area contributed by atoms with Crippen LogP contribution in [-0.4, -0.2) is 6.54 Å². The summed E-state index contributed by atoms with van der Waals surface area (Å²) in [5, 5.41) is 3.54. The Kier molecular flexibility index (Phi) is 3.30. The Hall–Kier alpha value is 0.140. The van der Waals surface area contributed by atoms with Crippen molar-refractivity contribution in [2.75, 3.05) is 6.54 Å². The summed E-state index contributed by atoms with van der Waals surface area (Å²) < 4.78 is 1.29. The molecular weight excluding hydrogens is 258 g/mol. The van der Waals surface area contributed by atoms with E-state index >= 15 is 0 Å². The van der Waals surface area contributed by atoms with E-state index in [4.69, 9.17) is 0 Å². The molecule has 0 saturated carbocycles. The van der Waals surface area contributed by atoms with Gasteiger partial charge in [0.1, 0.15) is 0 Å². The van der Waals surface area contributed by atoms with Crippen LogP contribution in [0, 0.1) is 0 Å². The lowest BCUT2D eigenvalue weighted by Gasteiger charge is -2.06. The maximum Gasteiger partial charge on any atom is 0.0415 e. The molecule has 1 saturated heterocycles. The van der Waals surface area contributed by atoms with Crippen LogP contribution in [0.4, 0.5) is 0 Å². The number of hydrogen-bond donors (Lipinski definition) is 1. The smallest absolute Gasteiger partial charge is 0.0415 e. The Balaban J connectivity index is 2.22. The Morgan fingerprint density at radius 2 is 2.36 bits per heavy atom. The molecule has 1 aromatic heterocycles. The van der Waals surface area contributed by atoms with Crippen LogP contribution in [0.1, 0.15) is 48.4 Å². The van der Waals surface area contributed by atoms with Gasteiger partial charge in [-0.25, -0.2) is 0 Å². The highest BCUT2D eigenvalue weighted by Gasteiger charge is 2.20. The first-order valence-corrected chi connectivity index (χ1v) is 6.82. The summed E-state index contributed by atoms with van der Waals surface area (Å²) in [5.74, 6) is 0.629. The van der Waals surface area contributed by atoms with Gasteiger partial charge >= 0.3 is 0 Å². The third kappa shape index (κ3) is 2.05. The lowest BCUT2D eigenvalue weighted by Crippen LogP contribution is -2.11. The Morgan fingerprint density at radius 1 is 1.57 bits per heavy atom. The average molecular weight is 274 g/mol. The molecule has 78 valence electrons. The van der Waals surface area contributed by atoms with Crippen LogP contribution in [0.15, 0.2) is 10.5 Å². The van der Waals surface area contributed by atoms with Crippen molar-refractivity contribution in [1.82, 2.24) is 5.32 Å². The first kappa shape index (κ1) is 10.7. The van der Waals surface area contributed by atoms with E-state index < -0.39 is 0 Å². The first-order valence-electron chi connectivity index (χ1n) is 5.21. The quantitative estimate of drug-likeness (QED) is 0.857. The Morgan fingerprint density at radius 3 is 2.86 bits per heavy atom. The van der Waals surface area contributed by atoms with Gasteiger partial charge in [0.25, 0.3) is 0 Å². The molecule has 1 aliphatic heterocycles. The van der Waals surface area contributed by atoms with Gasteiger partial charge in [-0.2, -0.15) is 0 Å². The fraction of sp³-hybridized carbons (Fsp3) is 0.636. The van der Waals surface area contributed by atoms with Crippen LogP contribution in [-0.2, 0) is 0 Å². The van der Waals surface area contributed by atoms with E-state index in [1.54, 1.807) is 0 Å². The molecule has 0 aliphatic carbocycles. The van der Waals surface area contributed by atoms with Crippen LogP contribution in [0.25, 0.3) is 0 Å². The predicted molar refractivity (Wildman–Crippen MR) is 66.1 cm³/mol. The topological polar surface area (TPSA) is 12.0 Å². The zero-order valence-electron chi connectivity index (χ0n) is 8.64. The third-order valence-corrected chi connectivity index (χ3v) is 5.13. The zero-order valence-corrected chi connectivity index (χ0v) is 11.0. The maximum atomic E-state index is 3.65. The number of nitrogens with one attached hydrogen (secondary N) is 1. The van der Waals surface area contributed by atoms with Crippen LogP contribution in [0.3, 0.4) is 0 Å². The van der Waals surface area contributed by atoms with Crippen molar-refractivity contribution in [1.29, 1.82) is 0 Å². The van der Waals surface area contributed by atoms with E-state index in [1.807, 2.05) is 11.3 Å². The second-order valence-electron chi connectivity index (χ2n) is 4.16. The summed E-state index contributed by atoms with van der Waals surface area (Å²) in [5.41, 5.74) is 0. The second kappa shape index (κ2) is 4.33. The molecule has 2 heterocycles. The Bertz CT molecular complexity index is 313. The van der Waals surface area contributed by atoms with Gasteiger partial charge in [0, 0.05) is 20.3 Å². The molecule has 14 heavy (non-hydrogen) atoms. The molecule has 1 unspecified atom stereocenters. The Labute approximate surface area is 98.0 Å². The fourth-order valence-corrected chi connectivity index (χ4v) is 4.16. The number of hydrogen-bond acceptors (Lipinski definition) is 2. The zero-order chi connectivity index (χ0) is 10.1. The van der Waals surface area contributed by atoms with E-state index in [0.29, 0.717) is 12.0 Å². The summed E-state index contributed by atoms with van der Waals surface area (Å²) in [4.78, 5) is 2.98. The van der Waals surface area contributed by atoms with Crippen LogP contribution in [0.2, 0.25) is 0 Å². The van der Waals surface area contributed by atoms with Gasteiger partial charge in [0.05, 0.1) is 0 Å². The van der Waals surface area contributed by atoms with Crippen LogP contribution >= 0.6 is 27.3 Å². The minimum atomic E-state index is 0.615. The number of halogens is 1. The van der Waals surface area contributed by atoms with Gasteiger partial charge in [-0.05, 0) is 47.3 Å². The molecule has 1 nitrogen and oxygen atoms in total. The van der Waals surface area contributed by atoms with E-state index in [-0.39, 0.29) is 0 Å². The molecule has 3 heteroatoms. The van der Waals surface area contributed by atoms with Crippen molar-refractivity contribution in [3.05, 3.63) is 20.3 Å². The highest BCUT2D eigenvalue weighted by molar-refractivity contribution is 9.10. The summed E-state index contributed by atoms with van der Waals surface area (Å²) in [6, 6.07) is 2.91. The number of thiophene rings is 1. The first-order chi connectivity index (χ1) is 6.68. The molecule has 0 bridgehead atoms. The van der Waals surface area contributed by atoms with Gasteiger partial charge in [0.2, 0.25) is 0 Å². The van der Waals surface area contributed by atoms with Crippen molar-refractivity contribution in [2.45, 2.75) is 38.6 Å². The van der Waals surface area contributed by atoms with Gasteiger partial charge in [-0.1, -0.05) is 13.8 Å². The molecular formula is C11H16BrNS. The van der Waals surface area contributed by atoms with Crippen molar-refractivity contribution < 1.29 is 0 Å². The van der Waals surface area contributed by atoms with Gasteiger partial charge in [-0.15, -0.1) is 11.3 Å². The van der Waals surface area contributed by atoms with Gasteiger partial charge in [0.15, 0.2) is 0 Å². The highest BCUT2D eigenvalue weighted by atomic mass is 79.9. The minimum Gasteiger partial charge on any atom is -0.309 e. The summed E-state index contributed by atoms with van der Waals surface area (Å²) >= 11 is 5.60. The molecule has 1 aromatic rings. The van der Waals surface area contributed by atoms with Gasteiger partial charge in [-0.3, -0.25) is 0 Å². The van der Waals surface area contributed by atoms with E-state index in [0.717, 1.165) is 0 Å². The largest absolute Gasteiger partial charge is 0.309 e. The molecule has 0 radical (unpaired) electrons. The van der Waals surface area contributed by atoms with E-state index in [2.05, 4.69) is 41.2 Å². The predicted octanol–water partition coefficient (Wildman–Crippen LogP) is 4.06. The molecule has 0 aromatic carbocycles. The summed E-state index contributed by atoms with van der Waals surface area (Å²) in [7, 11) is 0. The van der Waals surface area contributed by atoms with Crippen molar-refractivity contribution in [2.24, 2.45) is 0 Å². The van der Waals surface area contributed by atoms with Crippen LogP contribution < -0.4 is 5.32 Å². The second-order valence-corrected chi connectivity index (χ2v) is 6.13.